The van der Waals surface area contributed by atoms with Crippen LogP contribution in [-0.4, -0.2) is 19.3 Å². The van der Waals surface area contributed by atoms with Crippen molar-refractivity contribution in [3.63, 3.8) is 0 Å². The fraction of sp³-hybridized carbons (Fsp3) is 0.727. The van der Waals surface area contributed by atoms with Gasteiger partial charge in [0.15, 0.2) is 0 Å². The van der Waals surface area contributed by atoms with Gasteiger partial charge in [0.05, 0.1) is 12.7 Å². The molecular weight excluding hydrogens is 296 g/mol. The first kappa shape index (κ1) is 19.3. The number of hydrogen-bond donors (Lipinski definition) is 0. The molecule has 1 saturated heterocycles. The van der Waals surface area contributed by atoms with Gasteiger partial charge in [0.2, 0.25) is 0 Å². The van der Waals surface area contributed by atoms with Crippen molar-refractivity contribution in [3.8, 4) is 5.75 Å². The SMILES string of the molecule is CCCCCCCCCC(CCOc1ccccc1)C1CCCO1. The zero-order valence-electron chi connectivity index (χ0n) is 15.6. The lowest BCUT2D eigenvalue weighted by molar-refractivity contribution is 0.0489. The molecule has 136 valence electrons. The molecule has 1 aromatic carbocycles. The number of para-hydroxylation sites is 1. The highest BCUT2D eigenvalue weighted by atomic mass is 16.5. The molecule has 24 heavy (non-hydrogen) atoms. The second-order valence-corrected chi connectivity index (χ2v) is 7.17. The van der Waals surface area contributed by atoms with E-state index in [4.69, 9.17) is 9.47 Å². The molecule has 1 aliphatic rings. The molecule has 1 fully saturated rings. The van der Waals surface area contributed by atoms with Crippen LogP contribution >= 0.6 is 0 Å². The van der Waals surface area contributed by atoms with Gasteiger partial charge in [-0.05, 0) is 43.7 Å². The third-order valence-corrected chi connectivity index (χ3v) is 5.17. The topological polar surface area (TPSA) is 18.5 Å². The molecule has 0 saturated carbocycles. The van der Waals surface area contributed by atoms with Crippen molar-refractivity contribution >= 4 is 0 Å². The Morgan fingerprint density at radius 2 is 1.75 bits per heavy atom. The maximum Gasteiger partial charge on any atom is 0.119 e. The first-order chi connectivity index (χ1) is 11.9. The molecule has 1 heterocycles. The monoisotopic (exact) mass is 332 g/mol. The summed E-state index contributed by atoms with van der Waals surface area (Å²) in [6.45, 7) is 4.05. The number of hydrogen-bond acceptors (Lipinski definition) is 2. The van der Waals surface area contributed by atoms with E-state index >= 15 is 0 Å². The quantitative estimate of drug-likeness (QED) is 0.390. The van der Waals surface area contributed by atoms with Gasteiger partial charge in [0, 0.05) is 6.61 Å². The lowest BCUT2D eigenvalue weighted by Crippen LogP contribution is -2.22. The van der Waals surface area contributed by atoms with Crippen molar-refractivity contribution < 1.29 is 9.47 Å². The average Bonchev–Trinajstić information content (AvgIpc) is 3.15. The second kappa shape index (κ2) is 12.4. The summed E-state index contributed by atoms with van der Waals surface area (Å²) < 4.78 is 11.9. The lowest BCUT2D eigenvalue weighted by Gasteiger charge is -2.23. The maximum atomic E-state index is 5.97. The minimum absolute atomic E-state index is 0.476. The molecule has 2 rings (SSSR count). The van der Waals surface area contributed by atoms with Crippen LogP contribution in [0.15, 0.2) is 30.3 Å². The molecule has 0 bridgehead atoms. The van der Waals surface area contributed by atoms with Crippen molar-refractivity contribution in [1.29, 1.82) is 0 Å². The van der Waals surface area contributed by atoms with E-state index in [0.717, 1.165) is 25.4 Å². The van der Waals surface area contributed by atoms with E-state index in [2.05, 4.69) is 6.92 Å². The van der Waals surface area contributed by atoms with Crippen LogP contribution in [0.2, 0.25) is 0 Å². The maximum absolute atomic E-state index is 5.97. The van der Waals surface area contributed by atoms with Gasteiger partial charge in [-0.3, -0.25) is 0 Å². The Labute approximate surface area is 148 Å². The predicted octanol–water partition coefficient (Wildman–Crippen LogP) is 6.39. The molecule has 0 radical (unpaired) electrons. The summed E-state index contributed by atoms with van der Waals surface area (Å²) >= 11 is 0. The van der Waals surface area contributed by atoms with Gasteiger partial charge in [0.25, 0.3) is 0 Å². The molecule has 2 unspecified atom stereocenters. The normalized spacial score (nSPS) is 18.6. The van der Waals surface area contributed by atoms with Crippen molar-refractivity contribution in [2.75, 3.05) is 13.2 Å². The third kappa shape index (κ3) is 7.70. The smallest absolute Gasteiger partial charge is 0.119 e. The van der Waals surface area contributed by atoms with Crippen molar-refractivity contribution in [2.45, 2.75) is 83.7 Å². The summed E-state index contributed by atoms with van der Waals surface area (Å²) in [5.74, 6) is 1.66. The Morgan fingerprint density at radius 3 is 2.46 bits per heavy atom. The van der Waals surface area contributed by atoms with Crippen molar-refractivity contribution in [3.05, 3.63) is 30.3 Å². The molecule has 2 heteroatoms. The molecule has 0 spiro atoms. The van der Waals surface area contributed by atoms with Crippen LogP contribution in [0.25, 0.3) is 0 Å². The first-order valence-electron chi connectivity index (χ1n) is 10.2. The van der Waals surface area contributed by atoms with E-state index in [1.54, 1.807) is 0 Å². The Morgan fingerprint density at radius 1 is 1.00 bits per heavy atom. The molecule has 1 aliphatic heterocycles. The Balaban J connectivity index is 1.63. The van der Waals surface area contributed by atoms with Crippen LogP contribution in [-0.2, 0) is 4.74 Å². The zero-order chi connectivity index (χ0) is 16.9. The van der Waals surface area contributed by atoms with Crippen LogP contribution in [0.4, 0.5) is 0 Å². The minimum Gasteiger partial charge on any atom is -0.494 e. The fourth-order valence-electron chi connectivity index (χ4n) is 3.70. The van der Waals surface area contributed by atoms with Crippen LogP contribution < -0.4 is 4.74 Å². The van der Waals surface area contributed by atoms with Gasteiger partial charge < -0.3 is 9.47 Å². The highest BCUT2D eigenvalue weighted by Gasteiger charge is 2.25. The van der Waals surface area contributed by atoms with Gasteiger partial charge >= 0.3 is 0 Å². The van der Waals surface area contributed by atoms with Crippen molar-refractivity contribution in [2.24, 2.45) is 5.92 Å². The predicted molar refractivity (Wildman–Crippen MR) is 102 cm³/mol. The summed E-state index contributed by atoms with van der Waals surface area (Å²) in [6.07, 6.45) is 15.1. The minimum atomic E-state index is 0.476. The number of benzene rings is 1. The Kier molecular flexibility index (Phi) is 9.94. The lowest BCUT2D eigenvalue weighted by atomic mass is 9.90. The summed E-state index contributed by atoms with van der Waals surface area (Å²) in [4.78, 5) is 0. The number of ether oxygens (including phenoxy) is 2. The van der Waals surface area contributed by atoms with Gasteiger partial charge in [-0.25, -0.2) is 0 Å². The van der Waals surface area contributed by atoms with E-state index in [9.17, 15) is 0 Å². The molecule has 2 atom stereocenters. The highest BCUT2D eigenvalue weighted by Crippen LogP contribution is 2.28. The Bertz CT molecular complexity index is 398. The van der Waals surface area contributed by atoms with E-state index in [0.29, 0.717) is 12.0 Å². The summed E-state index contributed by atoms with van der Waals surface area (Å²) in [7, 11) is 0. The van der Waals surface area contributed by atoms with Crippen LogP contribution in [0.3, 0.4) is 0 Å². The van der Waals surface area contributed by atoms with Gasteiger partial charge in [0.1, 0.15) is 5.75 Å². The molecule has 0 aliphatic carbocycles. The van der Waals surface area contributed by atoms with Crippen LogP contribution in [0.1, 0.15) is 77.6 Å². The molecule has 2 nitrogen and oxygen atoms in total. The standard InChI is InChI=1S/C22H36O2/c1-2-3-4-5-6-7-9-13-20(22-16-12-18-24-22)17-19-23-21-14-10-8-11-15-21/h8,10-11,14-15,20,22H,2-7,9,12-13,16-19H2,1H3. The van der Waals surface area contributed by atoms with Crippen molar-refractivity contribution in [1.82, 2.24) is 0 Å². The van der Waals surface area contributed by atoms with Gasteiger partial charge in [-0.2, -0.15) is 0 Å². The van der Waals surface area contributed by atoms with E-state index in [1.165, 1.54) is 64.2 Å². The summed E-state index contributed by atoms with van der Waals surface area (Å²) in [6, 6.07) is 10.2. The first-order valence-corrected chi connectivity index (χ1v) is 10.2. The second-order valence-electron chi connectivity index (χ2n) is 7.17. The molecule has 1 aromatic rings. The summed E-state index contributed by atoms with van der Waals surface area (Å²) in [5.41, 5.74) is 0. The average molecular weight is 333 g/mol. The Hall–Kier alpha value is -1.02. The molecule has 0 amide bonds. The third-order valence-electron chi connectivity index (χ3n) is 5.17. The molecule has 0 aromatic heterocycles. The van der Waals surface area contributed by atoms with Crippen LogP contribution in [0, 0.1) is 5.92 Å². The van der Waals surface area contributed by atoms with Gasteiger partial charge in [-0.15, -0.1) is 0 Å². The summed E-state index contributed by atoms with van der Waals surface area (Å²) in [5, 5.41) is 0. The van der Waals surface area contributed by atoms with E-state index in [1.807, 2.05) is 30.3 Å². The van der Waals surface area contributed by atoms with Crippen LogP contribution in [0.5, 0.6) is 5.75 Å². The molecule has 0 N–H and O–H groups in total. The molecular formula is C22H36O2. The zero-order valence-corrected chi connectivity index (χ0v) is 15.6. The number of rotatable bonds is 13. The highest BCUT2D eigenvalue weighted by molar-refractivity contribution is 5.20. The number of unbranched alkanes of at least 4 members (excludes halogenated alkanes) is 6. The largest absolute Gasteiger partial charge is 0.494 e. The van der Waals surface area contributed by atoms with E-state index < -0.39 is 0 Å². The fourth-order valence-corrected chi connectivity index (χ4v) is 3.70. The van der Waals surface area contributed by atoms with E-state index in [-0.39, 0.29) is 0 Å². The van der Waals surface area contributed by atoms with Gasteiger partial charge in [-0.1, -0.05) is 70.1 Å².